The van der Waals surface area contributed by atoms with Crippen molar-refractivity contribution in [1.82, 2.24) is 0 Å². The normalized spacial score (nSPS) is 19.2. The number of benzene rings is 1. The number of hydrogen-bond acceptors (Lipinski definition) is 2. The summed E-state index contributed by atoms with van der Waals surface area (Å²) in [5.41, 5.74) is 0.723. The third-order valence-electron chi connectivity index (χ3n) is 3.27. The molecule has 0 bridgehead atoms. The first-order valence-electron chi connectivity index (χ1n) is 6.31. The Morgan fingerprint density at radius 2 is 2.00 bits per heavy atom. The minimum Gasteiger partial charge on any atom is -0.389 e. The van der Waals surface area contributed by atoms with Gasteiger partial charge in [-0.1, -0.05) is 19.3 Å². The van der Waals surface area contributed by atoms with Gasteiger partial charge in [-0.3, -0.25) is 0 Å². The van der Waals surface area contributed by atoms with E-state index in [4.69, 9.17) is 0 Å². The monoisotopic (exact) mass is 254 g/mol. The predicted molar refractivity (Wildman–Crippen MR) is 69.8 cm³/mol. The number of rotatable bonds is 3. The van der Waals surface area contributed by atoms with Crippen LogP contribution in [0.1, 0.15) is 50.7 Å². The molecular weight excluding hydrogens is 235 g/mol. The maximum Gasteiger partial charge on any atom is 0.123 e. The number of thioether (sulfide) groups is 1. The van der Waals surface area contributed by atoms with Gasteiger partial charge in [-0.05, 0) is 43.5 Å². The van der Waals surface area contributed by atoms with Gasteiger partial charge in [0.15, 0.2) is 0 Å². The zero-order chi connectivity index (χ0) is 12.3. The van der Waals surface area contributed by atoms with Crippen LogP contribution in [0, 0.1) is 5.82 Å². The molecule has 3 heteroatoms. The molecule has 0 radical (unpaired) electrons. The Hall–Kier alpha value is -0.540. The van der Waals surface area contributed by atoms with E-state index in [9.17, 15) is 9.50 Å². The summed E-state index contributed by atoms with van der Waals surface area (Å²) >= 11 is 1.80. The Morgan fingerprint density at radius 3 is 2.65 bits per heavy atom. The maximum absolute atomic E-state index is 13.2. The Balaban J connectivity index is 2.13. The lowest BCUT2D eigenvalue weighted by Crippen LogP contribution is -2.08. The highest BCUT2D eigenvalue weighted by Crippen LogP contribution is 2.37. The highest BCUT2D eigenvalue weighted by molar-refractivity contribution is 8.00. The molecule has 0 saturated heterocycles. The van der Waals surface area contributed by atoms with Gasteiger partial charge in [0.2, 0.25) is 0 Å². The minimum absolute atomic E-state index is 0.270. The van der Waals surface area contributed by atoms with Gasteiger partial charge in [-0.25, -0.2) is 4.39 Å². The first kappa shape index (κ1) is 12.9. The standard InChI is InChI=1S/C14H19FOS/c1-10(16)13-9-11(15)7-8-14(13)17-12-5-3-2-4-6-12/h7-10,12,16H,2-6H2,1H3/t10-/m1/s1. The molecule has 0 heterocycles. The van der Waals surface area contributed by atoms with E-state index in [2.05, 4.69) is 0 Å². The number of aliphatic hydroxyl groups excluding tert-OH is 1. The second-order valence-electron chi connectivity index (χ2n) is 4.74. The van der Waals surface area contributed by atoms with E-state index in [1.54, 1.807) is 24.8 Å². The van der Waals surface area contributed by atoms with Crippen LogP contribution >= 0.6 is 11.8 Å². The van der Waals surface area contributed by atoms with Crippen LogP contribution in [0.15, 0.2) is 23.1 Å². The molecule has 1 aliphatic rings. The molecule has 1 nitrogen and oxygen atoms in total. The van der Waals surface area contributed by atoms with Gasteiger partial charge in [-0.2, -0.15) is 0 Å². The molecule has 0 spiro atoms. The van der Waals surface area contributed by atoms with Gasteiger partial charge < -0.3 is 5.11 Å². The van der Waals surface area contributed by atoms with E-state index >= 15 is 0 Å². The summed E-state index contributed by atoms with van der Waals surface area (Å²) in [5.74, 6) is -0.270. The third kappa shape index (κ3) is 3.46. The number of halogens is 1. The van der Waals surface area contributed by atoms with Crippen molar-refractivity contribution in [2.75, 3.05) is 0 Å². The summed E-state index contributed by atoms with van der Waals surface area (Å²) in [5, 5.41) is 10.3. The molecule has 0 aromatic heterocycles. The zero-order valence-electron chi connectivity index (χ0n) is 10.2. The van der Waals surface area contributed by atoms with Crippen LogP contribution in [0.3, 0.4) is 0 Å². The van der Waals surface area contributed by atoms with Crippen LogP contribution in [-0.2, 0) is 0 Å². The van der Waals surface area contributed by atoms with Crippen molar-refractivity contribution in [1.29, 1.82) is 0 Å². The summed E-state index contributed by atoms with van der Waals surface area (Å²) in [7, 11) is 0. The Kier molecular flexibility index (Phi) is 4.46. The van der Waals surface area contributed by atoms with E-state index in [-0.39, 0.29) is 5.82 Å². The van der Waals surface area contributed by atoms with Crippen molar-refractivity contribution in [3.8, 4) is 0 Å². The maximum atomic E-state index is 13.2. The fourth-order valence-corrected chi connectivity index (χ4v) is 3.76. The smallest absolute Gasteiger partial charge is 0.123 e. The van der Waals surface area contributed by atoms with Gasteiger partial charge in [0.1, 0.15) is 5.82 Å². The lowest BCUT2D eigenvalue weighted by molar-refractivity contribution is 0.196. The summed E-state index contributed by atoms with van der Waals surface area (Å²) in [4.78, 5) is 1.04. The van der Waals surface area contributed by atoms with Crippen LogP contribution in [0.2, 0.25) is 0 Å². The van der Waals surface area contributed by atoms with E-state index < -0.39 is 6.10 Å². The molecule has 1 aromatic carbocycles. The van der Waals surface area contributed by atoms with Crippen LogP contribution < -0.4 is 0 Å². The average Bonchev–Trinajstić information content (AvgIpc) is 2.32. The highest BCUT2D eigenvalue weighted by atomic mass is 32.2. The van der Waals surface area contributed by atoms with E-state index in [0.29, 0.717) is 5.25 Å². The van der Waals surface area contributed by atoms with Crippen molar-refractivity contribution in [2.45, 2.75) is 55.3 Å². The van der Waals surface area contributed by atoms with E-state index in [1.165, 1.54) is 44.2 Å². The molecule has 0 unspecified atom stereocenters. The molecule has 1 atom stereocenters. The fraction of sp³-hybridized carbons (Fsp3) is 0.571. The number of hydrogen-bond donors (Lipinski definition) is 1. The first-order valence-corrected chi connectivity index (χ1v) is 7.19. The Bertz CT molecular complexity index is 372. The molecule has 2 rings (SSSR count). The molecule has 0 amide bonds. The quantitative estimate of drug-likeness (QED) is 0.867. The van der Waals surface area contributed by atoms with Crippen LogP contribution in [0.4, 0.5) is 4.39 Å². The second-order valence-corrected chi connectivity index (χ2v) is 6.08. The molecule has 1 aliphatic carbocycles. The second kappa shape index (κ2) is 5.87. The molecule has 1 aromatic rings. The molecule has 94 valence electrons. The van der Waals surface area contributed by atoms with Gasteiger partial charge in [0.25, 0.3) is 0 Å². The van der Waals surface area contributed by atoms with Crippen LogP contribution in [-0.4, -0.2) is 10.4 Å². The van der Waals surface area contributed by atoms with Gasteiger partial charge in [0, 0.05) is 10.1 Å². The molecular formula is C14H19FOS. The number of aliphatic hydroxyl groups is 1. The predicted octanol–water partition coefficient (Wildman–Crippen LogP) is 4.30. The molecule has 1 fully saturated rings. The van der Waals surface area contributed by atoms with Crippen molar-refractivity contribution in [3.63, 3.8) is 0 Å². The van der Waals surface area contributed by atoms with Crippen molar-refractivity contribution in [2.24, 2.45) is 0 Å². The van der Waals surface area contributed by atoms with Crippen molar-refractivity contribution < 1.29 is 9.50 Å². The Labute approximate surface area is 106 Å². The van der Waals surface area contributed by atoms with E-state index in [1.807, 2.05) is 0 Å². The molecule has 0 aliphatic heterocycles. The topological polar surface area (TPSA) is 20.2 Å². The van der Waals surface area contributed by atoms with Crippen molar-refractivity contribution >= 4 is 11.8 Å². The average molecular weight is 254 g/mol. The van der Waals surface area contributed by atoms with E-state index in [0.717, 1.165) is 10.5 Å². The first-order chi connectivity index (χ1) is 8.16. The van der Waals surface area contributed by atoms with Gasteiger partial charge in [-0.15, -0.1) is 11.8 Å². The van der Waals surface area contributed by atoms with Crippen LogP contribution in [0.25, 0.3) is 0 Å². The highest BCUT2D eigenvalue weighted by Gasteiger charge is 2.17. The molecule has 1 N–H and O–H groups in total. The largest absolute Gasteiger partial charge is 0.389 e. The summed E-state index contributed by atoms with van der Waals surface area (Å²) in [6.07, 6.45) is 5.80. The SMILES string of the molecule is C[C@@H](O)c1cc(F)ccc1SC1CCCCC1. The molecule has 1 saturated carbocycles. The van der Waals surface area contributed by atoms with Gasteiger partial charge in [0.05, 0.1) is 6.10 Å². The summed E-state index contributed by atoms with van der Waals surface area (Å²) in [6, 6.07) is 4.74. The molecule has 17 heavy (non-hydrogen) atoms. The summed E-state index contributed by atoms with van der Waals surface area (Å²) in [6.45, 7) is 1.69. The lowest BCUT2D eigenvalue weighted by atomic mass is 10.0. The Morgan fingerprint density at radius 1 is 1.29 bits per heavy atom. The minimum atomic E-state index is -0.600. The third-order valence-corrected chi connectivity index (χ3v) is 4.70. The summed E-state index contributed by atoms with van der Waals surface area (Å²) < 4.78 is 13.2. The van der Waals surface area contributed by atoms with Crippen LogP contribution in [0.5, 0.6) is 0 Å². The van der Waals surface area contributed by atoms with Crippen molar-refractivity contribution in [3.05, 3.63) is 29.6 Å². The van der Waals surface area contributed by atoms with Gasteiger partial charge >= 0.3 is 0 Å². The fourth-order valence-electron chi connectivity index (χ4n) is 2.32. The zero-order valence-corrected chi connectivity index (χ0v) is 11.0. The lowest BCUT2D eigenvalue weighted by Gasteiger charge is -2.22.